The number of benzene rings is 2. The molecule has 0 aliphatic carbocycles. The molecule has 2 aromatic carbocycles. The van der Waals surface area contributed by atoms with E-state index < -0.39 is 11.9 Å². The highest BCUT2D eigenvalue weighted by Gasteiger charge is 2.11. The number of nitrogens with one attached hydrogen (secondary N) is 2. The zero-order chi connectivity index (χ0) is 18.1. The van der Waals surface area contributed by atoms with Gasteiger partial charge in [-0.1, -0.05) is 30.3 Å². The molecule has 0 aliphatic heterocycles. The number of carbonyl (C=O) groups is 3. The van der Waals surface area contributed by atoms with Gasteiger partial charge in [0.25, 0.3) is 5.91 Å². The van der Waals surface area contributed by atoms with Crippen LogP contribution in [0.4, 0.5) is 11.4 Å². The number of ether oxygens (including phenoxy) is 1. The third kappa shape index (κ3) is 6.87. The predicted molar refractivity (Wildman–Crippen MR) is 95.1 cm³/mol. The Bertz CT molecular complexity index is 744. The minimum absolute atomic E-state index is 0.00672. The standard InChI is InChI=1S/C19H20N2O4/c1-14-6-5-9-16(12-14)21-18(23)13-25-19(24)11-10-17(22)20-15-7-3-2-4-8-15/h2-9,12H,10-11,13H2,1H3,(H,20,22)(H,21,23). The van der Waals surface area contributed by atoms with Gasteiger partial charge in [0.15, 0.2) is 6.61 Å². The lowest BCUT2D eigenvalue weighted by atomic mass is 10.2. The molecule has 130 valence electrons. The SMILES string of the molecule is Cc1cccc(NC(=O)COC(=O)CCC(=O)Nc2ccccc2)c1. The van der Waals surface area contributed by atoms with E-state index in [4.69, 9.17) is 4.74 Å². The number of esters is 1. The summed E-state index contributed by atoms with van der Waals surface area (Å²) < 4.78 is 4.88. The van der Waals surface area contributed by atoms with Crippen molar-refractivity contribution in [1.82, 2.24) is 0 Å². The Kier molecular flexibility index (Phi) is 6.71. The Balaban J connectivity index is 1.66. The van der Waals surface area contributed by atoms with Crippen LogP contribution in [0.3, 0.4) is 0 Å². The van der Waals surface area contributed by atoms with Gasteiger partial charge in [0.05, 0.1) is 6.42 Å². The Hall–Kier alpha value is -3.15. The van der Waals surface area contributed by atoms with E-state index in [0.717, 1.165) is 5.56 Å². The van der Waals surface area contributed by atoms with E-state index in [1.165, 1.54) is 0 Å². The molecule has 0 aromatic heterocycles. The molecule has 0 bridgehead atoms. The van der Waals surface area contributed by atoms with Crippen molar-refractivity contribution in [3.05, 3.63) is 60.2 Å². The summed E-state index contributed by atoms with van der Waals surface area (Å²) in [5, 5.41) is 5.31. The van der Waals surface area contributed by atoms with Gasteiger partial charge in [-0.15, -0.1) is 0 Å². The van der Waals surface area contributed by atoms with Gasteiger partial charge >= 0.3 is 5.97 Å². The maximum Gasteiger partial charge on any atom is 0.306 e. The highest BCUT2D eigenvalue weighted by molar-refractivity contribution is 5.94. The molecule has 0 spiro atoms. The van der Waals surface area contributed by atoms with E-state index in [1.54, 1.807) is 30.3 Å². The van der Waals surface area contributed by atoms with Gasteiger partial charge in [-0.05, 0) is 36.8 Å². The maximum atomic E-state index is 11.7. The lowest BCUT2D eigenvalue weighted by Gasteiger charge is -2.07. The first kappa shape index (κ1) is 18.2. The normalized spacial score (nSPS) is 9.96. The zero-order valence-corrected chi connectivity index (χ0v) is 14.0. The van der Waals surface area contributed by atoms with Crippen molar-refractivity contribution in [1.29, 1.82) is 0 Å². The molecule has 0 fully saturated rings. The molecule has 6 heteroatoms. The third-order valence-electron chi connectivity index (χ3n) is 3.28. The molecule has 2 amide bonds. The third-order valence-corrected chi connectivity index (χ3v) is 3.28. The summed E-state index contributed by atoms with van der Waals surface area (Å²) in [5.41, 5.74) is 2.32. The van der Waals surface area contributed by atoms with Crippen LogP contribution in [0.15, 0.2) is 54.6 Å². The summed E-state index contributed by atoms with van der Waals surface area (Å²) >= 11 is 0. The van der Waals surface area contributed by atoms with Gasteiger partial charge in [0.1, 0.15) is 0 Å². The van der Waals surface area contributed by atoms with Gasteiger partial charge in [0, 0.05) is 17.8 Å². The fourth-order valence-electron chi connectivity index (χ4n) is 2.10. The van der Waals surface area contributed by atoms with Gasteiger partial charge in [0.2, 0.25) is 5.91 Å². The molecule has 2 rings (SSSR count). The van der Waals surface area contributed by atoms with Crippen LogP contribution in [0.1, 0.15) is 18.4 Å². The minimum atomic E-state index is -0.595. The van der Waals surface area contributed by atoms with Crippen LogP contribution >= 0.6 is 0 Å². The van der Waals surface area contributed by atoms with E-state index in [-0.39, 0.29) is 25.4 Å². The number of hydrogen-bond donors (Lipinski definition) is 2. The number of rotatable bonds is 7. The summed E-state index contributed by atoms with van der Waals surface area (Å²) in [7, 11) is 0. The summed E-state index contributed by atoms with van der Waals surface area (Å²) in [6.45, 7) is 1.53. The average molecular weight is 340 g/mol. The summed E-state index contributed by atoms with van der Waals surface area (Å²) in [4.78, 5) is 35.1. The number of para-hydroxylation sites is 1. The molecule has 0 unspecified atom stereocenters. The van der Waals surface area contributed by atoms with Crippen LogP contribution in [0.5, 0.6) is 0 Å². The summed E-state index contributed by atoms with van der Waals surface area (Å²) in [5.74, 6) is -1.30. The lowest BCUT2D eigenvalue weighted by Crippen LogP contribution is -2.21. The monoisotopic (exact) mass is 340 g/mol. The van der Waals surface area contributed by atoms with Crippen LogP contribution in [-0.2, 0) is 19.1 Å². The molecule has 0 radical (unpaired) electrons. The Labute approximate surface area is 146 Å². The quantitative estimate of drug-likeness (QED) is 0.759. The first-order valence-corrected chi connectivity index (χ1v) is 7.90. The predicted octanol–water partition coefficient (Wildman–Crippen LogP) is 2.90. The molecular weight excluding hydrogens is 320 g/mol. The molecule has 0 heterocycles. The van der Waals surface area contributed by atoms with Crippen molar-refractivity contribution in [3.8, 4) is 0 Å². The zero-order valence-electron chi connectivity index (χ0n) is 14.0. The average Bonchev–Trinajstić information content (AvgIpc) is 2.59. The van der Waals surface area contributed by atoms with Crippen molar-refractivity contribution in [2.45, 2.75) is 19.8 Å². The second-order valence-corrected chi connectivity index (χ2v) is 5.49. The first-order valence-electron chi connectivity index (χ1n) is 7.90. The molecular formula is C19H20N2O4. The number of aryl methyl sites for hydroxylation is 1. The van der Waals surface area contributed by atoms with Crippen molar-refractivity contribution in [3.63, 3.8) is 0 Å². The van der Waals surface area contributed by atoms with E-state index in [9.17, 15) is 14.4 Å². The second kappa shape index (κ2) is 9.22. The number of amides is 2. The van der Waals surface area contributed by atoms with Gasteiger partial charge in [-0.25, -0.2) is 0 Å². The number of hydrogen-bond acceptors (Lipinski definition) is 4. The topological polar surface area (TPSA) is 84.5 Å². The Morgan fingerprint density at radius 3 is 2.24 bits per heavy atom. The fraction of sp³-hybridized carbons (Fsp3) is 0.211. The van der Waals surface area contributed by atoms with E-state index >= 15 is 0 Å². The molecule has 2 N–H and O–H groups in total. The van der Waals surface area contributed by atoms with E-state index in [1.807, 2.05) is 31.2 Å². The van der Waals surface area contributed by atoms with Crippen molar-refractivity contribution < 1.29 is 19.1 Å². The largest absolute Gasteiger partial charge is 0.456 e. The second-order valence-electron chi connectivity index (χ2n) is 5.49. The fourth-order valence-corrected chi connectivity index (χ4v) is 2.10. The van der Waals surface area contributed by atoms with Crippen LogP contribution in [0.2, 0.25) is 0 Å². The van der Waals surface area contributed by atoms with Crippen LogP contribution in [0, 0.1) is 6.92 Å². The van der Waals surface area contributed by atoms with Crippen molar-refractivity contribution >= 4 is 29.2 Å². The number of carbonyl (C=O) groups excluding carboxylic acids is 3. The highest BCUT2D eigenvalue weighted by atomic mass is 16.5. The smallest absolute Gasteiger partial charge is 0.306 e. The van der Waals surface area contributed by atoms with Crippen molar-refractivity contribution in [2.24, 2.45) is 0 Å². The molecule has 0 aliphatic rings. The molecule has 2 aromatic rings. The Morgan fingerprint density at radius 2 is 1.52 bits per heavy atom. The molecule has 0 saturated heterocycles. The molecule has 0 atom stereocenters. The van der Waals surface area contributed by atoms with E-state index in [2.05, 4.69) is 10.6 Å². The Morgan fingerprint density at radius 1 is 0.840 bits per heavy atom. The first-order chi connectivity index (χ1) is 12.0. The number of anilines is 2. The minimum Gasteiger partial charge on any atom is -0.456 e. The van der Waals surface area contributed by atoms with Crippen LogP contribution in [0.25, 0.3) is 0 Å². The van der Waals surface area contributed by atoms with Gasteiger partial charge in [-0.3, -0.25) is 14.4 Å². The van der Waals surface area contributed by atoms with E-state index in [0.29, 0.717) is 11.4 Å². The highest BCUT2D eigenvalue weighted by Crippen LogP contribution is 2.09. The molecule has 6 nitrogen and oxygen atoms in total. The van der Waals surface area contributed by atoms with Gasteiger partial charge < -0.3 is 15.4 Å². The molecule has 0 saturated carbocycles. The molecule has 25 heavy (non-hydrogen) atoms. The lowest BCUT2D eigenvalue weighted by molar-refractivity contribution is -0.147. The van der Waals surface area contributed by atoms with Crippen molar-refractivity contribution in [2.75, 3.05) is 17.2 Å². The van der Waals surface area contributed by atoms with Crippen LogP contribution < -0.4 is 10.6 Å². The summed E-state index contributed by atoms with van der Waals surface area (Å²) in [6.07, 6.45) is -0.0936. The summed E-state index contributed by atoms with van der Waals surface area (Å²) in [6, 6.07) is 16.3. The van der Waals surface area contributed by atoms with Crippen LogP contribution in [-0.4, -0.2) is 24.4 Å². The van der Waals surface area contributed by atoms with Gasteiger partial charge in [-0.2, -0.15) is 0 Å². The maximum absolute atomic E-state index is 11.7.